The first kappa shape index (κ1) is 12.8. The predicted octanol–water partition coefficient (Wildman–Crippen LogP) is 0.664. The number of carboxylic acid groups (broad SMARTS) is 1. The number of carbonyl (C=O) groups is 1. The molecule has 4 N–H and O–H groups in total. The largest absolute Gasteiger partial charge is 0.478 e. The second-order valence-corrected chi connectivity index (χ2v) is 4.13. The molecule has 8 heteroatoms. The van der Waals surface area contributed by atoms with Crippen molar-refractivity contribution in [2.45, 2.75) is 13.0 Å². The minimum Gasteiger partial charge on any atom is -0.478 e. The average molecular weight is 262 g/mol. The first-order valence-corrected chi connectivity index (χ1v) is 5.58. The number of hydrogen-bond donors (Lipinski definition) is 3. The van der Waals surface area contributed by atoms with Crippen LogP contribution in [0.25, 0.3) is 0 Å². The number of aromatic carboxylic acids is 1. The molecule has 1 atom stereocenters. The van der Waals surface area contributed by atoms with Crippen LogP contribution >= 0.6 is 0 Å². The third-order valence-electron chi connectivity index (χ3n) is 2.66. The molecule has 0 fully saturated rings. The molecule has 2 aromatic rings. The Morgan fingerprint density at radius 1 is 1.58 bits per heavy atom. The summed E-state index contributed by atoms with van der Waals surface area (Å²) in [6.45, 7) is 1.85. The molecule has 0 spiro atoms. The standard InChI is InChI=1S/C11H14N6O2/c1-6(10-16-14-5-17(10)2)15-8-4-13-9(12)3-7(8)11(18)19/h3-6,15H,1-2H3,(H2,12,13)(H,18,19). The maximum absolute atomic E-state index is 11.2. The Morgan fingerprint density at radius 2 is 2.32 bits per heavy atom. The zero-order valence-electron chi connectivity index (χ0n) is 10.5. The first-order valence-electron chi connectivity index (χ1n) is 5.58. The average Bonchev–Trinajstić information content (AvgIpc) is 2.77. The quantitative estimate of drug-likeness (QED) is 0.740. The summed E-state index contributed by atoms with van der Waals surface area (Å²) in [5.41, 5.74) is 5.94. The van der Waals surface area contributed by atoms with Crippen molar-refractivity contribution in [3.63, 3.8) is 0 Å². The van der Waals surface area contributed by atoms with E-state index in [4.69, 9.17) is 10.8 Å². The van der Waals surface area contributed by atoms with Crippen LogP contribution in [0, 0.1) is 0 Å². The van der Waals surface area contributed by atoms with Crippen LogP contribution in [0.4, 0.5) is 11.5 Å². The van der Waals surface area contributed by atoms with E-state index in [-0.39, 0.29) is 17.4 Å². The molecule has 0 saturated carbocycles. The molecular formula is C11H14N6O2. The monoisotopic (exact) mass is 262 g/mol. The van der Waals surface area contributed by atoms with Gasteiger partial charge in [-0.3, -0.25) is 0 Å². The van der Waals surface area contributed by atoms with Gasteiger partial charge in [0.25, 0.3) is 0 Å². The van der Waals surface area contributed by atoms with Gasteiger partial charge in [0.1, 0.15) is 12.1 Å². The van der Waals surface area contributed by atoms with Gasteiger partial charge < -0.3 is 20.7 Å². The number of hydrogen-bond acceptors (Lipinski definition) is 6. The lowest BCUT2D eigenvalue weighted by Gasteiger charge is -2.15. The van der Waals surface area contributed by atoms with Crippen molar-refractivity contribution in [2.75, 3.05) is 11.1 Å². The summed E-state index contributed by atoms with van der Waals surface area (Å²) in [6.07, 6.45) is 2.97. The molecule has 0 aliphatic rings. The maximum Gasteiger partial charge on any atom is 0.337 e. The smallest absolute Gasteiger partial charge is 0.337 e. The second-order valence-electron chi connectivity index (χ2n) is 4.13. The van der Waals surface area contributed by atoms with Crippen molar-refractivity contribution >= 4 is 17.5 Å². The number of rotatable bonds is 4. The Bertz CT molecular complexity index is 609. The van der Waals surface area contributed by atoms with E-state index < -0.39 is 5.97 Å². The second kappa shape index (κ2) is 4.92. The molecule has 0 saturated heterocycles. The van der Waals surface area contributed by atoms with Gasteiger partial charge in [0.05, 0.1) is 23.5 Å². The molecule has 100 valence electrons. The number of aromatic nitrogens is 4. The number of pyridine rings is 1. The van der Waals surface area contributed by atoms with Gasteiger partial charge in [0.15, 0.2) is 5.82 Å². The van der Waals surface area contributed by atoms with Crippen molar-refractivity contribution < 1.29 is 9.90 Å². The van der Waals surface area contributed by atoms with Crippen LogP contribution in [0.5, 0.6) is 0 Å². The molecule has 0 radical (unpaired) electrons. The lowest BCUT2D eigenvalue weighted by molar-refractivity contribution is 0.0698. The van der Waals surface area contributed by atoms with Crippen LogP contribution in [0.1, 0.15) is 29.1 Å². The van der Waals surface area contributed by atoms with Gasteiger partial charge in [-0.1, -0.05) is 0 Å². The van der Waals surface area contributed by atoms with Crippen molar-refractivity contribution in [3.8, 4) is 0 Å². The lowest BCUT2D eigenvalue weighted by Crippen LogP contribution is -2.15. The number of nitrogens with two attached hydrogens (primary N) is 1. The molecule has 0 aliphatic carbocycles. The normalized spacial score (nSPS) is 12.1. The third kappa shape index (κ3) is 2.62. The molecule has 2 rings (SSSR count). The van der Waals surface area contributed by atoms with Gasteiger partial charge in [-0.05, 0) is 13.0 Å². The van der Waals surface area contributed by atoms with Crippen LogP contribution in [0.2, 0.25) is 0 Å². The minimum atomic E-state index is -1.07. The number of nitrogen functional groups attached to an aromatic ring is 1. The summed E-state index contributed by atoms with van der Waals surface area (Å²) in [4.78, 5) is 15.0. The van der Waals surface area contributed by atoms with E-state index in [0.29, 0.717) is 11.5 Å². The van der Waals surface area contributed by atoms with Crippen LogP contribution in [0.3, 0.4) is 0 Å². The van der Waals surface area contributed by atoms with Gasteiger partial charge in [-0.25, -0.2) is 9.78 Å². The van der Waals surface area contributed by atoms with E-state index in [1.54, 1.807) is 10.9 Å². The van der Waals surface area contributed by atoms with Gasteiger partial charge in [-0.15, -0.1) is 10.2 Å². The predicted molar refractivity (Wildman–Crippen MR) is 68.6 cm³/mol. The number of nitrogens with one attached hydrogen (secondary N) is 1. The fourth-order valence-corrected chi connectivity index (χ4v) is 1.75. The molecule has 2 aromatic heterocycles. The molecular weight excluding hydrogens is 248 g/mol. The van der Waals surface area contributed by atoms with E-state index in [2.05, 4.69) is 20.5 Å². The number of carboxylic acids is 1. The van der Waals surface area contributed by atoms with Gasteiger partial charge in [-0.2, -0.15) is 0 Å². The number of aryl methyl sites for hydroxylation is 1. The summed E-state index contributed by atoms with van der Waals surface area (Å²) >= 11 is 0. The summed E-state index contributed by atoms with van der Waals surface area (Å²) < 4.78 is 1.75. The van der Waals surface area contributed by atoms with Crippen molar-refractivity contribution in [1.82, 2.24) is 19.7 Å². The van der Waals surface area contributed by atoms with Gasteiger partial charge in [0.2, 0.25) is 0 Å². The van der Waals surface area contributed by atoms with Crippen molar-refractivity contribution in [2.24, 2.45) is 7.05 Å². The Morgan fingerprint density at radius 3 is 2.89 bits per heavy atom. The van der Waals surface area contributed by atoms with E-state index in [1.807, 2.05) is 14.0 Å². The molecule has 8 nitrogen and oxygen atoms in total. The Kier molecular flexibility index (Phi) is 3.32. The van der Waals surface area contributed by atoms with Gasteiger partial charge in [0, 0.05) is 7.05 Å². The zero-order valence-corrected chi connectivity index (χ0v) is 10.5. The lowest BCUT2D eigenvalue weighted by atomic mass is 10.2. The molecule has 0 aromatic carbocycles. The number of anilines is 2. The molecule has 1 unspecified atom stereocenters. The minimum absolute atomic E-state index is 0.0709. The van der Waals surface area contributed by atoms with Crippen molar-refractivity contribution in [1.29, 1.82) is 0 Å². The molecule has 2 heterocycles. The third-order valence-corrected chi connectivity index (χ3v) is 2.66. The molecule has 0 bridgehead atoms. The maximum atomic E-state index is 11.2. The van der Waals surface area contributed by atoms with E-state index >= 15 is 0 Å². The highest BCUT2D eigenvalue weighted by Gasteiger charge is 2.16. The summed E-state index contributed by atoms with van der Waals surface area (Å²) in [5, 5.41) is 19.9. The molecule has 0 amide bonds. The topological polar surface area (TPSA) is 119 Å². The highest BCUT2D eigenvalue weighted by molar-refractivity contribution is 5.94. The van der Waals surface area contributed by atoms with Crippen LogP contribution < -0.4 is 11.1 Å². The summed E-state index contributed by atoms with van der Waals surface area (Å²) in [7, 11) is 1.81. The fourth-order valence-electron chi connectivity index (χ4n) is 1.75. The Hall–Kier alpha value is -2.64. The highest BCUT2D eigenvalue weighted by atomic mass is 16.4. The van der Waals surface area contributed by atoms with Crippen molar-refractivity contribution in [3.05, 3.63) is 30.0 Å². The van der Waals surface area contributed by atoms with Gasteiger partial charge >= 0.3 is 5.97 Å². The summed E-state index contributed by atoms with van der Waals surface area (Å²) in [5.74, 6) is -0.218. The van der Waals surface area contributed by atoms with E-state index in [0.717, 1.165) is 0 Å². The zero-order chi connectivity index (χ0) is 14.0. The van der Waals surface area contributed by atoms with Crippen LogP contribution in [-0.2, 0) is 7.05 Å². The highest BCUT2D eigenvalue weighted by Crippen LogP contribution is 2.21. The first-order chi connectivity index (χ1) is 8.99. The fraction of sp³-hybridized carbons (Fsp3) is 0.273. The van der Waals surface area contributed by atoms with E-state index in [1.165, 1.54) is 12.3 Å². The molecule has 0 aliphatic heterocycles. The summed E-state index contributed by atoms with van der Waals surface area (Å²) in [6, 6.07) is 1.10. The van der Waals surface area contributed by atoms with E-state index in [9.17, 15) is 4.79 Å². The van der Waals surface area contributed by atoms with Crippen LogP contribution in [0.15, 0.2) is 18.6 Å². The number of nitrogens with zero attached hydrogens (tertiary/aromatic N) is 4. The SMILES string of the molecule is CC(Nc1cnc(N)cc1C(=O)O)c1nncn1C. The Balaban J connectivity index is 2.29. The Labute approximate surface area is 109 Å². The molecule has 19 heavy (non-hydrogen) atoms. The van der Waals surface area contributed by atoms with Crippen LogP contribution in [-0.4, -0.2) is 30.8 Å².